The zero-order chi connectivity index (χ0) is 15.6. The van der Waals surface area contributed by atoms with Gasteiger partial charge in [0.25, 0.3) is 5.91 Å². The summed E-state index contributed by atoms with van der Waals surface area (Å²) in [6.07, 6.45) is 4.71. The summed E-state index contributed by atoms with van der Waals surface area (Å²) in [7, 11) is 0. The topological polar surface area (TPSA) is 59.5 Å². The quantitative estimate of drug-likeness (QED) is 0.784. The highest BCUT2D eigenvalue weighted by atomic mass is 16.6. The van der Waals surface area contributed by atoms with Gasteiger partial charge in [-0.05, 0) is 52.2 Å². The highest BCUT2D eigenvalue weighted by molar-refractivity contribution is 5.97. The van der Waals surface area contributed by atoms with Crippen LogP contribution in [0.3, 0.4) is 0 Å². The first kappa shape index (κ1) is 15.5. The second-order valence-electron chi connectivity index (χ2n) is 6.44. The number of hydrogen-bond acceptors (Lipinski definition) is 4. The fraction of sp³-hybridized carbons (Fsp3) is 0.562. The van der Waals surface area contributed by atoms with Gasteiger partial charge in [0.15, 0.2) is 0 Å². The number of aromatic nitrogens is 1. The van der Waals surface area contributed by atoms with E-state index in [9.17, 15) is 9.59 Å². The summed E-state index contributed by atoms with van der Waals surface area (Å²) in [4.78, 5) is 30.4. The molecular formula is C16H22N2O3. The SMILES string of the molecule is Cc1cncc(C(=O)N2CCC[C@H]2C(=O)OC(C)(C)C)c1. The van der Waals surface area contributed by atoms with Crippen molar-refractivity contribution in [2.75, 3.05) is 6.54 Å². The Balaban J connectivity index is 2.15. The number of carbonyl (C=O) groups excluding carboxylic acids is 2. The van der Waals surface area contributed by atoms with Gasteiger partial charge in [0, 0.05) is 18.9 Å². The van der Waals surface area contributed by atoms with Crippen LogP contribution in [0, 0.1) is 6.92 Å². The van der Waals surface area contributed by atoms with E-state index in [0.717, 1.165) is 12.0 Å². The molecule has 2 heterocycles. The molecule has 0 saturated carbocycles. The van der Waals surface area contributed by atoms with Crippen LogP contribution in [0.2, 0.25) is 0 Å². The number of esters is 1. The van der Waals surface area contributed by atoms with Gasteiger partial charge in [-0.15, -0.1) is 0 Å². The van der Waals surface area contributed by atoms with E-state index in [0.29, 0.717) is 18.5 Å². The number of amides is 1. The predicted octanol–water partition coefficient (Wildman–Crippen LogP) is 2.34. The van der Waals surface area contributed by atoms with Crippen molar-refractivity contribution in [2.45, 2.75) is 52.2 Å². The highest BCUT2D eigenvalue weighted by Gasteiger charge is 2.37. The van der Waals surface area contributed by atoms with Gasteiger partial charge in [0.05, 0.1) is 5.56 Å². The lowest BCUT2D eigenvalue weighted by Crippen LogP contribution is -2.43. The first-order valence-corrected chi connectivity index (χ1v) is 7.23. The lowest BCUT2D eigenvalue weighted by molar-refractivity contribution is -0.159. The molecule has 0 radical (unpaired) electrons. The van der Waals surface area contributed by atoms with E-state index in [1.807, 2.05) is 27.7 Å². The molecule has 5 nitrogen and oxygen atoms in total. The fourth-order valence-corrected chi connectivity index (χ4v) is 2.46. The van der Waals surface area contributed by atoms with E-state index in [-0.39, 0.29) is 11.9 Å². The maximum atomic E-state index is 12.6. The van der Waals surface area contributed by atoms with Crippen molar-refractivity contribution in [2.24, 2.45) is 0 Å². The molecule has 1 aromatic rings. The van der Waals surface area contributed by atoms with Crippen LogP contribution in [0.4, 0.5) is 0 Å². The second-order valence-corrected chi connectivity index (χ2v) is 6.44. The first-order chi connectivity index (χ1) is 9.78. The van der Waals surface area contributed by atoms with Crippen molar-refractivity contribution in [3.05, 3.63) is 29.6 Å². The number of carbonyl (C=O) groups is 2. The number of pyridine rings is 1. The van der Waals surface area contributed by atoms with Crippen LogP contribution in [-0.2, 0) is 9.53 Å². The average molecular weight is 290 g/mol. The Morgan fingerprint density at radius 1 is 1.33 bits per heavy atom. The van der Waals surface area contributed by atoms with Crippen LogP contribution in [0.25, 0.3) is 0 Å². The molecule has 1 amide bonds. The van der Waals surface area contributed by atoms with Crippen LogP contribution in [0.15, 0.2) is 18.5 Å². The molecular weight excluding hydrogens is 268 g/mol. The standard InChI is InChI=1S/C16H22N2O3/c1-11-8-12(10-17-9-11)14(19)18-7-5-6-13(18)15(20)21-16(2,3)4/h8-10,13H,5-7H2,1-4H3/t13-/m0/s1. The second kappa shape index (κ2) is 5.84. The van der Waals surface area contributed by atoms with Gasteiger partial charge in [-0.25, -0.2) is 4.79 Å². The van der Waals surface area contributed by atoms with Gasteiger partial charge in [0.2, 0.25) is 0 Å². The molecule has 0 spiro atoms. The number of likely N-dealkylation sites (tertiary alicyclic amines) is 1. The third-order valence-corrected chi connectivity index (χ3v) is 3.31. The number of hydrogen-bond donors (Lipinski definition) is 0. The number of aryl methyl sites for hydroxylation is 1. The van der Waals surface area contributed by atoms with Crippen molar-refractivity contribution in [1.29, 1.82) is 0 Å². The largest absolute Gasteiger partial charge is 0.458 e. The highest BCUT2D eigenvalue weighted by Crippen LogP contribution is 2.23. The van der Waals surface area contributed by atoms with Crippen molar-refractivity contribution < 1.29 is 14.3 Å². The maximum absolute atomic E-state index is 12.6. The Bertz CT molecular complexity index is 549. The Morgan fingerprint density at radius 2 is 2.05 bits per heavy atom. The normalized spacial score (nSPS) is 18.7. The third-order valence-electron chi connectivity index (χ3n) is 3.31. The minimum atomic E-state index is -0.542. The summed E-state index contributed by atoms with van der Waals surface area (Å²) < 4.78 is 5.41. The Morgan fingerprint density at radius 3 is 2.67 bits per heavy atom. The van der Waals surface area contributed by atoms with Gasteiger partial charge in [-0.2, -0.15) is 0 Å². The van der Waals surface area contributed by atoms with Crippen LogP contribution in [0.1, 0.15) is 49.5 Å². The summed E-state index contributed by atoms with van der Waals surface area (Å²) in [5.41, 5.74) is 0.901. The van der Waals surface area contributed by atoms with Crippen LogP contribution < -0.4 is 0 Å². The zero-order valence-electron chi connectivity index (χ0n) is 13.0. The first-order valence-electron chi connectivity index (χ1n) is 7.23. The summed E-state index contributed by atoms with van der Waals surface area (Å²) in [6, 6.07) is 1.30. The molecule has 1 aliphatic heterocycles. The lowest BCUT2D eigenvalue weighted by Gasteiger charge is -2.27. The van der Waals surface area contributed by atoms with E-state index in [4.69, 9.17) is 4.74 Å². The van der Waals surface area contributed by atoms with Crippen LogP contribution in [0.5, 0.6) is 0 Å². The molecule has 0 unspecified atom stereocenters. The van der Waals surface area contributed by atoms with Crippen LogP contribution >= 0.6 is 0 Å². The lowest BCUT2D eigenvalue weighted by atomic mass is 10.1. The molecule has 1 atom stereocenters. The van der Waals surface area contributed by atoms with Gasteiger partial charge < -0.3 is 9.64 Å². The van der Waals surface area contributed by atoms with E-state index in [1.54, 1.807) is 23.4 Å². The number of nitrogens with zero attached hydrogens (tertiary/aromatic N) is 2. The summed E-state index contributed by atoms with van der Waals surface area (Å²) in [6.45, 7) is 7.96. The molecule has 1 aliphatic rings. The third kappa shape index (κ3) is 3.80. The Kier molecular flexibility index (Phi) is 4.30. The fourth-order valence-electron chi connectivity index (χ4n) is 2.46. The molecule has 1 fully saturated rings. The number of ether oxygens (including phenoxy) is 1. The zero-order valence-corrected chi connectivity index (χ0v) is 13.0. The minimum Gasteiger partial charge on any atom is -0.458 e. The van der Waals surface area contributed by atoms with Gasteiger partial charge >= 0.3 is 5.97 Å². The van der Waals surface area contributed by atoms with Gasteiger partial charge in [-0.1, -0.05) is 0 Å². The predicted molar refractivity (Wildman–Crippen MR) is 78.9 cm³/mol. The molecule has 1 aromatic heterocycles. The van der Waals surface area contributed by atoms with Crippen molar-refractivity contribution in [3.63, 3.8) is 0 Å². The maximum Gasteiger partial charge on any atom is 0.329 e. The molecule has 0 aromatic carbocycles. The van der Waals surface area contributed by atoms with Gasteiger partial charge in [-0.3, -0.25) is 9.78 Å². The molecule has 21 heavy (non-hydrogen) atoms. The minimum absolute atomic E-state index is 0.153. The van der Waals surface area contributed by atoms with Gasteiger partial charge in [0.1, 0.15) is 11.6 Å². The summed E-state index contributed by atoms with van der Waals surface area (Å²) >= 11 is 0. The van der Waals surface area contributed by atoms with Crippen molar-refractivity contribution >= 4 is 11.9 Å². The van der Waals surface area contributed by atoms with E-state index in [1.165, 1.54) is 0 Å². The molecule has 0 N–H and O–H groups in total. The molecule has 5 heteroatoms. The molecule has 114 valence electrons. The molecule has 1 saturated heterocycles. The summed E-state index contributed by atoms with van der Waals surface area (Å²) in [5.74, 6) is -0.478. The Hall–Kier alpha value is -1.91. The average Bonchev–Trinajstić information content (AvgIpc) is 2.85. The monoisotopic (exact) mass is 290 g/mol. The van der Waals surface area contributed by atoms with E-state index < -0.39 is 11.6 Å². The summed E-state index contributed by atoms with van der Waals surface area (Å²) in [5, 5.41) is 0. The molecule has 0 bridgehead atoms. The van der Waals surface area contributed by atoms with Crippen molar-refractivity contribution in [1.82, 2.24) is 9.88 Å². The van der Waals surface area contributed by atoms with Crippen molar-refractivity contribution in [3.8, 4) is 0 Å². The smallest absolute Gasteiger partial charge is 0.329 e. The Labute approximate surface area is 125 Å². The number of rotatable bonds is 2. The molecule has 0 aliphatic carbocycles. The molecule has 2 rings (SSSR count). The van der Waals surface area contributed by atoms with Crippen LogP contribution in [-0.4, -0.2) is 39.9 Å². The van der Waals surface area contributed by atoms with E-state index in [2.05, 4.69) is 4.98 Å². The van der Waals surface area contributed by atoms with E-state index >= 15 is 0 Å².